The highest BCUT2D eigenvalue weighted by Gasteiger charge is 2.09. The molecule has 25 heavy (non-hydrogen) atoms. The van der Waals surface area contributed by atoms with Crippen LogP contribution in [0.2, 0.25) is 0 Å². The Labute approximate surface area is 145 Å². The van der Waals surface area contributed by atoms with Gasteiger partial charge in [0.2, 0.25) is 0 Å². The number of ether oxygens (including phenoxy) is 1. The molecule has 0 aliphatic carbocycles. The van der Waals surface area contributed by atoms with E-state index < -0.39 is 5.97 Å². The van der Waals surface area contributed by atoms with Crippen molar-refractivity contribution in [3.63, 3.8) is 0 Å². The second kappa shape index (κ2) is 8.41. The molecule has 1 fully saturated rings. The van der Waals surface area contributed by atoms with E-state index in [0.717, 1.165) is 45.2 Å². The highest BCUT2D eigenvalue weighted by Crippen LogP contribution is 2.17. The molecule has 3 rings (SSSR count). The molecule has 0 radical (unpaired) electrons. The van der Waals surface area contributed by atoms with Gasteiger partial charge in [0.25, 0.3) is 0 Å². The van der Waals surface area contributed by atoms with Crippen molar-refractivity contribution in [2.45, 2.75) is 0 Å². The van der Waals surface area contributed by atoms with Gasteiger partial charge < -0.3 is 20.5 Å². The van der Waals surface area contributed by atoms with Crippen molar-refractivity contribution in [3.05, 3.63) is 42.2 Å². The maximum absolute atomic E-state index is 11.0. The van der Waals surface area contributed by atoms with Gasteiger partial charge in [0.1, 0.15) is 18.0 Å². The second-order valence-electron chi connectivity index (χ2n) is 5.68. The predicted molar refractivity (Wildman–Crippen MR) is 94.5 cm³/mol. The summed E-state index contributed by atoms with van der Waals surface area (Å²) in [4.78, 5) is 21.8. The van der Waals surface area contributed by atoms with E-state index in [-0.39, 0.29) is 5.56 Å². The van der Waals surface area contributed by atoms with E-state index in [1.807, 2.05) is 0 Å². The number of aromatic carboxylic acids is 1. The monoisotopic (exact) mass is 343 g/mol. The third-order valence-corrected chi connectivity index (χ3v) is 3.89. The summed E-state index contributed by atoms with van der Waals surface area (Å²) < 4.78 is 5.33. The first-order valence-corrected chi connectivity index (χ1v) is 8.17. The number of carboxylic acids is 1. The zero-order valence-electron chi connectivity index (χ0n) is 13.8. The van der Waals surface area contributed by atoms with Gasteiger partial charge in [-0.15, -0.1) is 0 Å². The van der Waals surface area contributed by atoms with E-state index in [2.05, 4.69) is 25.5 Å². The van der Waals surface area contributed by atoms with Crippen molar-refractivity contribution >= 4 is 23.3 Å². The maximum Gasteiger partial charge on any atom is 0.335 e. The Morgan fingerprint density at radius 1 is 1.20 bits per heavy atom. The number of rotatable bonds is 7. The minimum atomic E-state index is -0.961. The summed E-state index contributed by atoms with van der Waals surface area (Å²) in [5.41, 5.74) is 0.890. The number of morpholine rings is 1. The van der Waals surface area contributed by atoms with Crippen molar-refractivity contribution in [1.29, 1.82) is 0 Å². The zero-order valence-corrected chi connectivity index (χ0v) is 13.8. The number of aromatic nitrogens is 2. The third-order valence-electron chi connectivity index (χ3n) is 3.89. The number of hydrogen-bond donors (Lipinski definition) is 3. The number of nitrogens with zero attached hydrogens (tertiary/aromatic N) is 3. The fraction of sp³-hybridized carbons (Fsp3) is 0.353. The van der Waals surface area contributed by atoms with E-state index in [4.69, 9.17) is 9.84 Å². The molecule has 0 amide bonds. The molecule has 2 heterocycles. The van der Waals surface area contributed by atoms with Crippen LogP contribution in [0.4, 0.5) is 17.3 Å². The Morgan fingerprint density at radius 3 is 2.80 bits per heavy atom. The Morgan fingerprint density at radius 2 is 2.00 bits per heavy atom. The lowest BCUT2D eigenvalue weighted by Gasteiger charge is -2.26. The fourth-order valence-electron chi connectivity index (χ4n) is 2.57. The lowest BCUT2D eigenvalue weighted by atomic mass is 10.2. The Kier molecular flexibility index (Phi) is 5.76. The molecule has 0 unspecified atom stereocenters. The van der Waals surface area contributed by atoms with Gasteiger partial charge in [0.15, 0.2) is 0 Å². The van der Waals surface area contributed by atoms with Crippen LogP contribution in [0.15, 0.2) is 36.7 Å². The van der Waals surface area contributed by atoms with E-state index in [9.17, 15) is 4.79 Å². The normalized spacial score (nSPS) is 14.9. The minimum Gasteiger partial charge on any atom is -0.478 e. The molecule has 1 aliphatic heterocycles. The molecule has 0 bridgehead atoms. The molecule has 8 heteroatoms. The van der Waals surface area contributed by atoms with Crippen molar-refractivity contribution < 1.29 is 14.6 Å². The molecule has 8 nitrogen and oxygen atoms in total. The van der Waals surface area contributed by atoms with Crippen LogP contribution in [0.25, 0.3) is 0 Å². The quantitative estimate of drug-likeness (QED) is 0.698. The fourth-order valence-corrected chi connectivity index (χ4v) is 2.57. The number of hydrogen-bond acceptors (Lipinski definition) is 7. The summed E-state index contributed by atoms with van der Waals surface area (Å²) in [6, 6.07) is 8.39. The lowest BCUT2D eigenvalue weighted by Crippen LogP contribution is -2.39. The second-order valence-corrected chi connectivity index (χ2v) is 5.68. The van der Waals surface area contributed by atoms with Crippen LogP contribution >= 0.6 is 0 Å². The summed E-state index contributed by atoms with van der Waals surface area (Å²) in [6.07, 6.45) is 1.47. The number of carboxylic acid groups (broad SMARTS) is 1. The van der Waals surface area contributed by atoms with Gasteiger partial charge in [-0.05, 0) is 18.2 Å². The van der Waals surface area contributed by atoms with E-state index in [0.29, 0.717) is 11.5 Å². The molecule has 0 saturated carbocycles. The van der Waals surface area contributed by atoms with Crippen molar-refractivity contribution in [1.82, 2.24) is 14.9 Å². The van der Waals surface area contributed by atoms with Crippen LogP contribution in [0.3, 0.4) is 0 Å². The average molecular weight is 343 g/mol. The standard InChI is InChI=1S/C17H21N5O3/c23-17(24)13-2-1-3-14(10-13)21-16-11-15(19-12-20-16)18-4-5-22-6-8-25-9-7-22/h1-3,10-12H,4-9H2,(H,23,24)(H2,18,19,20,21). The van der Waals surface area contributed by atoms with Gasteiger partial charge >= 0.3 is 5.97 Å². The highest BCUT2D eigenvalue weighted by atomic mass is 16.5. The van der Waals surface area contributed by atoms with Crippen LogP contribution in [0.5, 0.6) is 0 Å². The molecule has 1 aromatic carbocycles. The van der Waals surface area contributed by atoms with Crippen LogP contribution in [0, 0.1) is 0 Å². The molecule has 0 atom stereocenters. The van der Waals surface area contributed by atoms with Gasteiger partial charge in [-0.25, -0.2) is 14.8 Å². The van der Waals surface area contributed by atoms with Crippen molar-refractivity contribution in [2.75, 3.05) is 50.0 Å². The predicted octanol–water partition coefficient (Wildman–Crippen LogP) is 1.66. The molecular weight excluding hydrogens is 322 g/mol. The highest BCUT2D eigenvalue weighted by molar-refractivity contribution is 5.89. The van der Waals surface area contributed by atoms with Gasteiger partial charge in [0, 0.05) is 37.9 Å². The SMILES string of the molecule is O=C(O)c1cccc(Nc2cc(NCCN3CCOCC3)ncn2)c1. The average Bonchev–Trinajstić information content (AvgIpc) is 2.63. The van der Waals surface area contributed by atoms with Gasteiger partial charge in [-0.3, -0.25) is 4.90 Å². The van der Waals surface area contributed by atoms with E-state index >= 15 is 0 Å². The molecule has 1 saturated heterocycles. The topological polar surface area (TPSA) is 99.6 Å². The van der Waals surface area contributed by atoms with Crippen LogP contribution in [-0.2, 0) is 4.74 Å². The minimum absolute atomic E-state index is 0.225. The largest absolute Gasteiger partial charge is 0.478 e. The van der Waals surface area contributed by atoms with Crippen LogP contribution < -0.4 is 10.6 Å². The number of carbonyl (C=O) groups is 1. The maximum atomic E-state index is 11.0. The molecule has 132 valence electrons. The zero-order chi connectivity index (χ0) is 17.5. The molecular formula is C17H21N5O3. The Balaban J connectivity index is 1.55. The summed E-state index contributed by atoms with van der Waals surface area (Å²) >= 11 is 0. The summed E-state index contributed by atoms with van der Waals surface area (Å²) in [5, 5.41) is 15.4. The summed E-state index contributed by atoms with van der Waals surface area (Å²) in [7, 11) is 0. The summed E-state index contributed by atoms with van der Waals surface area (Å²) in [6.45, 7) is 5.20. The third kappa shape index (κ3) is 5.13. The van der Waals surface area contributed by atoms with Crippen molar-refractivity contribution in [2.24, 2.45) is 0 Å². The van der Waals surface area contributed by atoms with Gasteiger partial charge in [0.05, 0.1) is 18.8 Å². The van der Waals surface area contributed by atoms with E-state index in [1.165, 1.54) is 6.33 Å². The van der Waals surface area contributed by atoms with Crippen LogP contribution in [-0.4, -0.2) is 65.3 Å². The number of nitrogens with one attached hydrogen (secondary N) is 2. The van der Waals surface area contributed by atoms with Gasteiger partial charge in [-0.2, -0.15) is 0 Å². The molecule has 3 N–H and O–H groups in total. The first-order chi connectivity index (χ1) is 12.2. The summed E-state index contributed by atoms with van der Waals surface area (Å²) in [5.74, 6) is 0.364. The molecule has 1 aromatic heterocycles. The number of anilines is 3. The Hall–Kier alpha value is -2.71. The number of benzene rings is 1. The first-order valence-electron chi connectivity index (χ1n) is 8.17. The molecule has 1 aliphatic rings. The lowest BCUT2D eigenvalue weighted by molar-refractivity contribution is 0.0398. The first kappa shape index (κ1) is 17.1. The van der Waals surface area contributed by atoms with Gasteiger partial charge in [-0.1, -0.05) is 6.07 Å². The molecule has 2 aromatic rings. The van der Waals surface area contributed by atoms with Crippen molar-refractivity contribution in [3.8, 4) is 0 Å². The van der Waals surface area contributed by atoms with Crippen LogP contribution in [0.1, 0.15) is 10.4 Å². The smallest absolute Gasteiger partial charge is 0.335 e. The van der Waals surface area contributed by atoms with E-state index in [1.54, 1.807) is 30.3 Å². The molecule has 0 spiro atoms. The Bertz CT molecular complexity index is 719.